The molecule has 2 aromatic heterocycles. The highest BCUT2D eigenvalue weighted by Crippen LogP contribution is 2.35. The lowest BCUT2D eigenvalue weighted by molar-refractivity contribution is 0.662. The smallest absolute Gasteiger partial charge is 0.129 e. The molecule has 5 heteroatoms. The van der Waals surface area contributed by atoms with Gasteiger partial charge in [-0.3, -0.25) is 4.98 Å². The van der Waals surface area contributed by atoms with Crippen LogP contribution in [0.25, 0.3) is 16.6 Å². The molecule has 3 rings (SSSR count). The molecule has 3 N–H and O–H groups in total. The summed E-state index contributed by atoms with van der Waals surface area (Å²) < 4.78 is 0. The highest BCUT2D eigenvalue weighted by Gasteiger charge is 2.26. The van der Waals surface area contributed by atoms with Crippen LogP contribution in [-0.2, 0) is 0 Å². The fourth-order valence-corrected chi connectivity index (χ4v) is 2.69. The minimum Gasteiger partial charge on any atom is -0.394 e. The highest BCUT2D eigenvalue weighted by molar-refractivity contribution is 6.29. The number of nitrogens with two attached hydrogens (primary N) is 1. The van der Waals surface area contributed by atoms with Gasteiger partial charge in [-0.15, -0.1) is 0 Å². The summed E-state index contributed by atoms with van der Waals surface area (Å²) in [6, 6.07) is 5.65. The third kappa shape index (κ3) is 3.34. The lowest BCUT2D eigenvalue weighted by Crippen LogP contribution is -2.23. The first-order valence-corrected chi connectivity index (χ1v) is 7.61. The molecule has 0 radical (unpaired) electrons. The van der Waals surface area contributed by atoms with Gasteiger partial charge < -0.3 is 11.1 Å². The Kier molecular flexibility index (Phi) is 4.08. The quantitative estimate of drug-likeness (QED) is 0.834. The monoisotopic (exact) mass is 302 g/mol. The van der Waals surface area contributed by atoms with E-state index in [-0.39, 0.29) is 6.04 Å². The van der Waals surface area contributed by atoms with Crippen molar-refractivity contribution in [2.24, 2.45) is 11.7 Å². The van der Waals surface area contributed by atoms with Gasteiger partial charge in [-0.05, 0) is 36.1 Å². The summed E-state index contributed by atoms with van der Waals surface area (Å²) in [6.07, 6.45) is 7.43. The molecule has 2 aromatic rings. The summed E-state index contributed by atoms with van der Waals surface area (Å²) in [5.41, 5.74) is 10.1. The van der Waals surface area contributed by atoms with E-state index in [2.05, 4.69) is 15.3 Å². The maximum atomic E-state index is 6.37. The average Bonchev–Trinajstić information content (AvgIpc) is 3.27. The van der Waals surface area contributed by atoms with Crippen LogP contribution in [0.5, 0.6) is 0 Å². The highest BCUT2D eigenvalue weighted by atomic mass is 35.5. The number of rotatable bonds is 5. The lowest BCUT2D eigenvalue weighted by atomic mass is 9.97. The van der Waals surface area contributed by atoms with Gasteiger partial charge in [0.2, 0.25) is 0 Å². The lowest BCUT2D eigenvalue weighted by Gasteiger charge is -2.16. The van der Waals surface area contributed by atoms with Crippen molar-refractivity contribution in [3.63, 3.8) is 0 Å². The van der Waals surface area contributed by atoms with Gasteiger partial charge >= 0.3 is 0 Å². The number of hydrogen-bond donors (Lipinski definition) is 2. The van der Waals surface area contributed by atoms with Crippen LogP contribution in [-0.4, -0.2) is 23.1 Å². The predicted molar refractivity (Wildman–Crippen MR) is 86.9 cm³/mol. The van der Waals surface area contributed by atoms with Gasteiger partial charge in [0, 0.05) is 31.0 Å². The Hall–Kier alpha value is -1.65. The van der Waals surface area contributed by atoms with Crippen molar-refractivity contribution in [1.29, 1.82) is 0 Å². The number of aromatic nitrogens is 2. The Morgan fingerprint density at radius 2 is 2.29 bits per heavy atom. The largest absolute Gasteiger partial charge is 0.394 e. The van der Waals surface area contributed by atoms with E-state index in [0.717, 1.165) is 34.5 Å². The first kappa shape index (κ1) is 14.3. The van der Waals surface area contributed by atoms with Crippen LogP contribution >= 0.6 is 11.6 Å². The molecule has 1 aliphatic rings. The molecule has 4 nitrogen and oxygen atoms in total. The minimum atomic E-state index is 0.0170. The molecule has 21 heavy (non-hydrogen) atoms. The summed E-state index contributed by atoms with van der Waals surface area (Å²) in [6.45, 7) is 0. The van der Waals surface area contributed by atoms with Crippen LogP contribution < -0.4 is 11.1 Å². The third-order valence-corrected chi connectivity index (χ3v) is 4.03. The second-order valence-corrected chi connectivity index (χ2v) is 5.96. The van der Waals surface area contributed by atoms with Crippen LogP contribution in [0.2, 0.25) is 5.15 Å². The van der Waals surface area contributed by atoms with Gasteiger partial charge in [0.15, 0.2) is 0 Å². The zero-order valence-corrected chi connectivity index (χ0v) is 12.8. The molecule has 0 spiro atoms. The topological polar surface area (TPSA) is 63.8 Å². The number of nitrogens with one attached hydrogen (secondary N) is 1. The zero-order chi connectivity index (χ0) is 14.8. The molecule has 1 saturated carbocycles. The van der Waals surface area contributed by atoms with Crippen LogP contribution in [0.15, 0.2) is 30.6 Å². The van der Waals surface area contributed by atoms with Crippen molar-refractivity contribution in [2.75, 3.05) is 7.05 Å². The van der Waals surface area contributed by atoms with Gasteiger partial charge in [-0.2, -0.15) is 0 Å². The maximum Gasteiger partial charge on any atom is 0.129 e. The van der Waals surface area contributed by atoms with Crippen molar-refractivity contribution in [3.05, 3.63) is 41.3 Å². The molecule has 1 aliphatic carbocycles. The van der Waals surface area contributed by atoms with Gasteiger partial charge in [0.05, 0.1) is 11.0 Å². The van der Waals surface area contributed by atoms with Gasteiger partial charge in [0.1, 0.15) is 5.15 Å². The van der Waals surface area contributed by atoms with Crippen molar-refractivity contribution >= 4 is 28.2 Å². The van der Waals surface area contributed by atoms with E-state index in [0.29, 0.717) is 5.15 Å². The van der Waals surface area contributed by atoms with Crippen LogP contribution in [0.4, 0.5) is 0 Å². The Labute approximate surface area is 129 Å². The van der Waals surface area contributed by atoms with E-state index in [4.69, 9.17) is 17.3 Å². The Bertz CT molecular complexity index is 679. The Morgan fingerprint density at radius 1 is 1.48 bits per heavy atom. The van der Waals surface area contributed by atoms with Gasteiger partial charge in [0.25, 0.3) is 0 Å². The summed E-state index contributed by atoms with van der Waals surface area (Å²) in [7, 11) is 1.88. The van der Waals surface area contributed by atoms with Crippen molar-refractivity contribution < 1.29 is 0 Å². The number of nitrogens with zero attached hydrogens (tertiary/aromatic N) is 2. The first-order chi connectivity index (χ1) is 10.2. The Morgan fingerprint density at radius 3 is 3.00 bits per heavy atom. The second kappa shape index (κ2) is 6.00. The third-order valence-electron chi connectivity index (χ3n) is 3.82. The molecule has 0 amide bonds. The molecule has 0 aliphatic heterocycles. The summed E-state index contributed by atoms with van der Waals surface area (Å²) in [4.78, 5) is 8.78. The van der Waals surface area contributed by atoms with E-state index in [1.807, 2.05) is 31.6 Å². The summed E-state index contributed by atoms with van der Waals surface area (Å²) in [5, 5.41) is 3.56. The molecule has 1 unspecified atom stereocenters. The van der Waals surface area contributed by atoms with E-state index >= 15 is 0 Å². The molecule has 0 aromatic carbocycles. The fraction of sp³-hybridized carbons (Fsp3) is 0.375. The van der Waals surface area contributed by atoms with Gasteiger partial charge in [-0.1, -0.05) is 24.4 Å². The van der Waals surface area contributed by atoms with E-state index < -0.39 is 0 Å². The van der Waals surface area contributed by atoms with E-state index in [1.54, 1.807) is 6.07 Å². The van der Waals surface area contributed by atoms with Crippen molar-refractivity contribution in [1.82, 2.24) is 15.3 Å². The molecule has 1 fully saturated rings. The molecule has 0 bridgehead atoms. The fourth-order valence-electron chi connectivity index (χ4n) is 2.54. The molecule has 0 saturated heterocycles. The minimum absolute atomic E-state index is 0.0170. The van der Waals surface area contributed by atoms with Crippen LogP contribution in [0.1, 0.15) is 24.8 Å². The molecule has 2 heterocycles. The number of fused-ring (bicyclic) bond motifs is 1. The summed E-state index contributed by atoms with van der Waals surface area (Å²) >= 11 is 5.96. The molecule has 1 atom stereocenters. The molecular weight excluding hydrogens is 284 g/mol. The maximum absolute atomic E-state index is 6.37. The van der Waals surface area contributed by atoms with E-state index in [1.165, 1.54) is 12.8 Å². The normalized spacial score (nSPS) is 17.0. The standard InChI is InChI=1S/C16H19ClN4/c1-19-9-12(13(18)6-10-2-3-10)11-7-15-14(20-8-11)4-5-16(17)21-15/h4-5,7-10,13,19H,2-3,6,18H2,1H3/b12-9-. The first-order valence-electron chi connectivity index (χ1n) is 7.23. The molecule has 110 valence electrons. The van der Waals surface area contributed by atoms with E-state index in [9.17, 15) is 0 Å². The average molecular weight is 303 g/mol. The van der Waals surface area contributed by atoms with Crippen molar-refractivity contribution in [2.45, 2.75) is 25.3 Å². The Balaban J connectivity index is 1.96. The van der Waals surface area contributed by atoms with Crippen molar-refractivity contribution in [3.8, 4) is 0 Å². The predicted octanol–water partition coefficient (Wildman–Crippen LogP) is 2.97. The second-order valence-electron chi connectivity index (χ2n) is 5.57. The number of halogens is 1. The zero-order valence-electron chi connectivity index (χ0n) is 12.0. The van der Waals surface area contributed by atoms with Crippen LogP contribution in [0.3, 0.4) is 0 Å². The van der Waals surface area contributed by atoms with Gasteiger partial charge in [-0.25, -0.2) is 4.98 Å². The van der Waals surface area contributed by atoms with Crippen LogP contribution in [0, 0.1) is 5.92 Å². The molecular formula is C16H19ClN4. The number of hydrogen-bond acceptors (Lipinski definition) is 4. The summed E-state index contributed by atoms with van der Waals surface area (Å²) in [5.74, 6) is 0.779. The number of pyridine rings is 2. The SMILES string of the molecule is CN/C=C(/c1cnc2ccc(Cl)nc2c1)C(N)CC1CC1.